The molecule has 29 heavy (non-hydrogen) atoms. The van der Waals surface area contributed by atoms with Crippen LogP contribution >= 0.6 is 0 Å². The highest BCUT2D eigenvalue weighted by Gasteiger charge is 2.29. The van der Waals surface area contributed by atoms with Crippen molar-refractivity contribution in [1.82, 2.24) is 14.9 Å². The zero-order valence-corrected chi connectivity index (χ0v) is 16.6. The van der Waals surface area contributed by atoms with Crippen LogP contribution in [-0.4, -0.2) is 73.4 Å². The molecule has 1 unspecified atom stereocenters. The van der Waals surface area contributed by atoms with Gasteiger partial charge in [-0.1, -0.05) is 12.1 Å². The number of hydrogen-bond acceptors (Lipinski definition) is 7. The molecule has 2 aromatic rings. The van der Waals surface area contributed by atoms with Crippen molar-refractivity contribution in [3.63, 3.8) is 0 Å². The number of amides is 1. The maximum Gasteiger partial charge on any atom is 0.257 e. The van der Waals surface area contributed by atoms with E-state index in [-0.39, 0.29) is 12.0 Å². The minimum atomic E-state index is -0.0775. The Hall–Kier alpha value is -2.87. The second-order valence-electron chi connectivity index (χ2n) is 7.18. The van der Waals surface area contributed by atoms with Crippen molar-refractivity contribution in [2.75, 3.05) is 51.4 Å². The van der Waals surface area contributed by atoms with Gasteiger partial charge in [-0.25, -0.2) is 9.97 Å². The second-order valence-corrected chi connectivity index (χ2v) is 7.18. The van der Waals surface area contributed by atoms with Gasteiger partial charge in [0, 0.05) is 38.4 Å². The summed E-state index contributed by atoms with van der Waals surface area (Å²) in [5, 5.41) is 0. The molecule has 0 aliphatic carbocycles. The smallest absolute Gasteiger partial charge is 0.257 e. The predicted octanol–water partition coefficient (Wildman–Crippen LogP) is 1.54. The monoisotopic (exact) mass is 398 g/mol. The molecule has 154 valence electrons. The van der Waals surface area contributed by atoms with Crippen LogP contribution in [-0.2, 0) is 16.0 Å². The number of hydrogen-bond donors (Lipinski definition) is 0. The Labute approximate surface area is 170 Å². The van der Waals surface area contributed by atoms with Gasteiger partial charge in [0.15, 0.2) is 5.82 Å². The fourth-order valence-corrected chi connectivity index (χ4v) is 3.63. The molecule has 0 radical (unpaired) electrons. The van der Waals surface area contributed by atoms with E-state index in [0.29, 0.717) is 38.6 Å². The third-order valence-corrected chi connectivity index (χ3v) is 5.25. The van der Waals surface area contributed by atoms with Gasteiger partial charge >= 0.3 is 0 Å². The molecule has 8 heteroatoms. The molecule has 2 aliphatic rings. The van der Waals surface area contributed by atoms with Crippen molar-refractivity contribution in [2.45, 2.75) is 18.9 Å². The quantitative estimate of drug-likeness (QED) is 0.731. The molecule has 1 atom stereocenters. The molecule has 0 N–H and O–H groups in total. The van der Waals surface area contributed by atoms with Gasteiger partial charge in [-0.3, -0.25) is 4.79 Å². The van der Waals surface area contributed by atoms with E-state index in [4.69, 9.17) is 14.2 Å². The van der Waals surface area contributed by atoms with Gasteiger partial charge in [0.05, 0.1) is 33.3 Å². The van der Waals surface area contributed by atoms with E-state index in [1.807, 2.05) is 29.2 Å². The number of benzene rings is 1. The summed E-state index contributed by atoms with van der Waals surface area (Å²) in [4.78, 5) is 25.5. The van der Waals surface area contributed by atoms with Crippen LogP contribution in [0.5, 0.6) is 11.6 Å². The van der Waals surface area contributed by atoms with Gasteiger partial charge in [0.25, 0.3) is 5.88 Å². The number of ether oxygens (including phenoxy) is 3. The number of aromatic nitrogens is 2. The van der Waals surface area contributed by atoms with Crippen molar-refractivity contribution in [3.8, 4) is 11.6 Å². The summed E-state index contributed by atoms with van der Waals surface area (Å²) in [6.07, 6.45) is 4.40. The molecule has 4 rings (SSSR count). The van der Waals surface area contributed by atoms with Gasteiger partial charge < -0.3 is 24.0 Å². The van der Waals surface area contributed by atoms with Crippen LogP contribution in [0.1, 0.15) is 12.0 Å². The Morgan fingerprint density at radius 1 is 1.14 bits per heavy atom. The molecule has 2 fully saturated rings. The van der Waals surface area contributed by atoms with E-state index in [2.05, 4.69) is 14.9 Å². The van der Waals surface area contributed by atoms with Crippen LogP contribution < -0.4 is 14.4 Å². The number of morpholine rings is 1. The highest BCUT2D eigenvalue weighted by atomic mass is 16.5. The summed E-state index contributed by atoms with van der Waals surface area (Å²) >= 11 is 0. The van der Waals surface area contributed by atoms with Crippen LogP contribution in [0.3, 0.4) is 0 Å². The zero-order valence-electron chi connectivity index (χ0n) is 16.6. The fourth-order valence-electron chi connectivity index (χ4n) is 3.63. The summed E-state index contributed by atoms with van der Waals surface area (Å²) in [6.45, 7) is 4.14. The molecule has 2 aliphatic heterocycles. The molecule has 8 nitrogen and oxygen atoms in total. The lowest BCUT2D eigenvalue weighted by Crippen LogP contribution is -2.37. The lowest BCUT2D eigenvalue weighted by Gasteiger charge is -2.29. The van der Waals surface area contributed by atoms with Crippen LogP contribution in [0.15, 0.2) is 36.7 Å². The average molecular weight is 398 g/mol. The van der Waals surface area contributed by atoms with Crippen LogP contribution in [0.25, 0.3) is 0 Å². The minimum absolute atomic E-state index is 0.0775. The molecule has 0 saturated carbocycles. The van der Waals surface area contributed by atoms with E-state index in [1.165, 1.54) is 0 Å². The Bertz CT molecular complexity index is 824. The van der Waals surface area contributed by atoms with Gasteiger partial charge in [-0.05, 0) is 17.7 Å². The number of nitrogens with zero attached hydrogens (tertiary/aromatic N) is 4. The maximum absolute atomic E-state index is 12.7. The molecule has 2 saturated heterocycles. The number of carbonyl (C=O) groups excluding carboxylic acids is 1. The number of anilines is 1. The topological polar surface area (TPSA) is 77.0 Å². The summed E-state index contributed by atoms with van der Waals surface area (Å²) in [5.41, 5.74) is 0.976. The molecule has 1 aromatic heterocycles. The molecule has 1 amide bonds. The van der Waals surface area contributed by atoms with Crippen molar-refractivity contribution in [1.29, 1.82) is 0 Å². The highest BCUT2D eigenvalue weighted by Crippen LogP contribution is 2.26. The normalized spacial score (nSPS) is 19.3. The first-order chi connectivity index (χ1) is 14.2. The van der Waals surface area contributed by atoms with Crippen LogP contribution in [0.2, 0.25) is 0 Å². The van der Waals surface area contributed by atoms with E-state index in [9.17, 15) is 4.79 Å². The van der Waals surface area contributed by atoms with E-state index >= 15 is 0 Å². The third-order valence-electron chi connectivity index (χ3n) is 5.25. The minimum Gasteiger partial charge on any atom is -0.497 e. The standard InChI is InChI=1S/C21H26N4O4/c1-27-17-4-2-16(3-5-17)14-19(26)25-9-6-18(15-25)29-21-20(22-7-8-23-21)24-10-12-28-13-11-24/h2-5,7-8,18H,6,9-15H2,1H3. The van der Waals surface area contributed by atoms with Gasteiger partial charge in [0.1, 0.15) is 11.9 Å². The van der Waals surface area contributed by atoms with Gasteiger partial charge in [-0.15, -0.1) is 0 Å². The number of rotatable bonds is 6. The summed E-state index contributed by atoms with van der Waals surface area (Å²) in [6, 6.07) is 7.60. The van der Waals surface area contributed by atoms with Gasteiger partial charge in [0.2, 0.25) is 5.91 Å². The fraction of sp³-hybridized carbons (Fsp3) is 0.476. The predicted molar refractivity (Wildman–Crippen MR) is 107 cm³/mol. The Kier molecular flexibility index (Phi) is 6.09. The van der Waals surface area contributed by atoms with E-state index in [1.54, 1.807) is 19.5 Å². The first-order valence-electron chi connectivity index (χ1n) is 9.94. The molecule has 0 spiro atoms. The zero-order chi connectivity index (χ0) is 20.1. The lowest BCUT2D eigenvalue weighted by atomic mass is 10.1. The van der Waals surface area contributed by atoms with E-state index < -0.39 is 0 Å². The molecular formula is C21H26N4O4. The first-order valence-corrected chi connectivity index (χ1v) is 9.94. The molecule has 0 bridgehead atoms. The average Bonchev–Trinajstić information content (AvgIpc) is 3.24. The third kappa shape index (κ3) is 4.76. The number of likely N-dealkylation sites (tertiary alicyclic amines) is 1. The molecule has 3 heterocycles. The van der Waals surface area contributed by atoms with Crippen molar-refractivity contribution >= 4 is 11.7 Å². The van der Waals surface area contributed by atoms with Crippen molar-refractivity contribution in [3.05, 3.63) is 42.2 Å². The van der Waals surface area contributed by atoms with Crippen molar-refractivity contribution < 1.29 is 19.0 Å². The second kappa shape index (κ2) is 9.09. The Morgan fingerprint density at radius 3 is 2.66 bits per heavy atom. The molecule has 1 aromatic carbocycles. The maximum atomic E-state index is 12.7. The van der Waals surface area contributed by atoms with Crippen LogP contribution in [0.4, 0.5) is 5.82 Å². The highest BCUT2D eigenvalue weighted by molar-refractivity contribution is 5.79. The Morgan fingerprint density at radius 2 is 1.90 bits per heavy atom. The lowest BCUT2D eigenvalue weighted by molar-refractivity contribution is -0.129. The largest absolute Gasteiger partial charge is 0.497 e. The summed E-state index contributed by atoms with van der Waals surface area (Å²) < 4.78 is 16.7. The summed E-state index contributed by atoms with van der Waals surface area (Å²) in [7, 11) is 1.63. The Balaban J connectivity index is 1.34. The SMILES string of the molecule is COc1ccc(CC(=O)N2CCC(Oc3nccnc3N3CCOCC3)C2)cc1. The molecular weight excluding hydrogens is 372 g/mol. The van der Waals surface area contributed by atoms with Gasteiger partial charge in [-0.2, -0.15) is 0 Å². The first kappa shape index (κ1) is 19.4. The van der Waals surface area contributed by atoms with E-state index in [0.717, 1.165) is 36.6 Å². The summed E-state index contributed by atoms with van der Waals surface area (Å²) in [5.74, 6) is 2.17. The van der Waals surface area contributed by atoms with Crippen LogP contribution in [0, 0.1) is 0 Å². The number of methoxy groups -OCH3 is 1. The number of carbonyl (C=O) groups is 1. The van der Waals surface area contributed by atoms with Crippen molar-refractivity contribution in [2.24, 2.45) is 0 Å².